The maximum Gasteiger partial charge on any atom is 0.126 e. The Labute approximate surface area is 129 Å². The second-order valence-electron chi connectivity index (χ2n) is 5.05. The van der Waals surface area contributed by atoms with Gasteiger partial charge in [-0.1, -0.05) is 30.3 Å². The summed E-state index contributed by atoms with van der Waals surface area (Å²) in [6.07, 6.45) is 0. The summed E-state index contributed by atoms with van der Waals surface area (Å²) >= 11 is 0. The Morgan fingerprint density at radius 3 is 2.64 bits per heavy atom. The van der Waals surface area contributed by atoms with Crippen LogP contribution in [0.25, 0.3) is 10.9 Å². The van der Waals surface area contributed by atoms with E-state index in [0.717, 1.165) is 33.6 Å². The number of methoxy groups -OCH3 is 1. The number of hydrogen-bond donors (Lipinski definition) is 2. The van der Waals surface area contributed by atoms with Gasteiger partial charge in [0.15, 0.2) is 0 Å². The van der Waals surface area contributed by atoms with E-state index in [2.05, 4.69) is 16.4 Å². The molecular formula is C18H19N3O. The maximum absolute atomic E-state index is 5.76. The standard InChI is InChI=1S/C18H19N3O/c1-22-17-8-3-2-5-14(17)12-20-18-10-9-15-13(11-19)6-4-7-16(15)21-18/h2-10H,11-12,19H2,1H3,(H,20,21). The molecule has 0 aliphatic rings. The van der Waals surface area contributed by atoms with Crippen LogP contribution in [-0.2, 0) is 13.1 Å². The van der Waals surface area contributed by atoms with Crippen molar-refractivity contribution in [3.05, 3.63) is 65.7 Å². The van der Waals surface area contributed by atoms with Crippen LogP contribution in [0.4, 0.5) is 5.82 Å². The molecule has 0 fully saturated rings. The molecule has 2 aromatic carbocycles. The fourth-order valence-electron chi connectivity index (χ4n) is 2.53. The highest BCUT2D eigenvalue weighted by atomic mass is 16.5. The van der Waals surface area contributed by atoms with Crippen molar-refractivity contribution in [1.82, 2.24) is 4.98 Å². The van der Waals surface area contributed by atoms with E-state index in [-0.39, 0.29) is 0 Å². The van der Waals surface area contributed by atoms with Crippen molar-refractivity contribution in [3.63, 3.8) is 0 Å². The lowest BCUT2D eigenvalue weighted by Gasteiger charge is -2.11. The molecule has 0 radical (unpaired) electrons. The van der Waals surface area contributed by atoms with E-state index < -0.39 is 0 Å². The number of aromatic nitrogens is 1. The van der Waals surface area contributed by atoms with Crippen molar-refractivity contribution >= 4 is 16.7 Å². The fraction of sp³-hybridized carbons (Fsp3) is 0.167. The third-order valence-corrected chi connectivity index (χ3v) is 3.69. The van der Waals surface area contributed by atoms with Gasteiger partial charge in [-0.15, -0.1) is 0 Å². The summed E-state index contributed by atoms with van der Waals surface area (Å²) < 4.78 is 5.36. The molecule has 0 atom stereocenters. The summed E-state index contributed by atoms with van der Waals surface area (Å²) in [5.74, 6) is 1.72. The van der Waals surface area contributed by atoms with Gasteiger partial charge in [0.25, 0.3) is 0 Å². The molecule has 22 heavy (non-hydrogen) atoms. The topological polar surface area (TPSA) is 60.2 Å². The van der Waals surface area contributed by atoms with Crippen LogP contribution in [0.15, 0.2) is 54.6 Å². The minimum absolute atomic E-state index is 0.521. The molecule has 3 aromatic rings. The zero-order valence-electron chi connectivity index (χ0n) is 12.5. The van der Waals surface area contributed by atoms with Crippen LogP contribution in [0, 0.1) is 0 Å². The van der Waals surface area contributed by atoms with Crippen molar-refractivity contribution in [1.29, 1.82) is 0 Å². The number of nitrogens with two attached hydrogens (primary N) is 1. The van der Waals surface area contributed by atoms with Crippen LogP contribution in [0.1, 0.15) is 11.1 Å². The SMILES string of the molecule is COc1ccccc1CNc1ccc2c(CN)cccc2n1. The molecule has 0 bridgehead atoms. The van der Waals surface area contributed by atoms with E-state index in [4.69, 9.17) is 10.5 Å². The van der Waals surface area contributed by atoms with Gasteiger partial charge in [0.05, 0.1) is 12.6 Å². The lowest BCUT2D eigenvalue weighted by molar-refractivity contribution is 0.410. The molecule has 1 heterocycles. The van der Waals surface area contributed by atoms with Crippen LogP contribution >= 0.6 is 0 Å². The molecule has 0 saturated heterocycles. The summed E-state index contributed by atoms with van der Waals surface area (Å²) in [7, 11) is 1.68. The largest absolute Gasteiger partial charge is 0.496 e. The normalized spacial score (nSPS) is 10.6. The molecule has 0 spiro atoms. The monoisotopic (exact) mass is 293 g/mol. The van der Waals surface area contributed by atoms with Crippen LogP contribution in [0.3, 0.4) is 0 Å². The van der Waals surface area contributed by atoms with Crippen LogP contribution in [0.5, 0.6) is 5.75 Å². The minimum Gasteiger partial charge on any atom is -0.496 e. The van der Waals surface area contributed by atoms with Crippen molar-refractivity contribution < 1.29 is 4.74 Å². The molecule has 112 valence electrons. The quantitative estimate of drug-likeness (QED) is 0.757. The maximum atomic E-state index is 5.76. The van der Waals surface area contributed by atoms with Crippen molar-refractivity contribution in [3.8, 4) is 5.75 Å². The van der Waals surface area contributed by atoms with E-state index >= 15 is 0 Å². The Hall–Kier alpha value is -2.59. The average Bonchev–Trinajstić information content (AvgIpc) is 2.59. The Kier molecular flexibility index (Phi) is 4.21. The number of anilines is 1. The lowest BCUT2D eigenvalue weighted by Crippen LogP contribution is -2.04. The van der Waals surface area contributed by atoms with E-state index in [1.165, 1.54) is 0 Å². The van der Waals surface area contributed by atoms with E-state index in [9.17, 15) is 0 Å². The molecule has 3 N–H and O–H groups in total. The molecule has 0 aliphatic heterocycles. The van der Waals surface area contributed by atoms with Crippen molar-refractivity contribution in [2.75, 3.05) is 12.4 Å². The first-order valence-corrected chi connectivity index (χ1v) is 7.26. The van der Waals surface area contributed by atoms with Gasteiger partial charge < -0.3 is 15.8 Å². The highest BCUT2D eigenvalue weighted by Gasteiger charge is 2.04. The molecule has 0 saturated carbocycles. The minimum atomic E-state index is 0.521. The summed E-state index contributed by atoms with van der Waals surface area (Å²) in [6, 6.07) is 18.0. The van der Waals surface area contributed by atoms with Crippen molar-refractivity contribution in [2.24, 2.45) is 5.73 Å². The summed E-state index contributed by atoms with van der Waals surface area (Å²) in [6.45, 7) is 1.19. The molecule has 0 amide bonds. The predicted octanol–water partition coefficient (Wildman–Crippen LogP) is 3.31. The van der Waals surface area contributed by atoms with Crippen LogP contribution in [-0.4, -0.2) is 12.1 Å². The first kappa shape index (κ1) is 14.4. The third-order valence-electron chi connectivity index (χ3n) is 3.69. The number of nitrogens with one attached hydrogen (secondary N) is 1. The summed E-state index contributed by atoms with van der Waals surface area (Å²) in [5, 5.41) is 4.45. The second kappa shape index (κ2) is 6.45. The number of pyridine rings is 1. The Morgan fingerprint density at radius 2 is 1.82 bits per heavy atom. The van der Waals surface area contributed by atoms with Gasteiger partial charge in [0, 0.05) is 24.0 Å². The highest BCUT2D eigenvalue weighted by Crippen LogP contribution is 2.21. The van der Waals surface area contributed by atoms with Gasteiger partial charge >= 0.3 is 0 Å². The average molecular weight is 293 g/mol. The molecule has 1 aromatic heterocycles. The Balaban J connectivity index is 1.82. The van der Waals surface area contributed by atoms with Gasteiger partial charge in [0.1, 0.15) is 11.6 Å². The number of nitrogens with zero attached hydrogens (tertiary/aromatic N) is 1. The van der Waals surface area contributed by atoms with Crippen LogP contribution in [0.2, 0.25) is 0 Å². The Bertz CT molecular complexity index is 786. The first-order valence-electron chi connectivity index (χ1n) is 7.26. The highest BCUT2D eigenvalue weighted by molar-refractivity contribution is 5.83. The predicted molar refractivity (Wildman–Crippen MR) is 90.0 cm³/mol. The van der Waals surface area contributed by atoms with Gasteiger partial charge in [0.2, 0.25) is 0 Å². The van der Waals surface area contributed by atoms with Crippen LogP contribution < -0.4 is 15.8 Å². The van der Waals surface area contributed by atoms with E-state index in [1.807, 2.05) is 48.5 Å². The molecule has 4 heteroatoms. The van der Waals surface area contributed by atoms with Gasteiger partial charge in [-0.2, -0.15) is 0 Å². The zero-order valence-corrected chi connectivity index (χ0v) is 12.5. The summed E-state index contributed by atoms with van der Waals surface area (Å²) in [4.78, 5) is 4.65. The van der Waals surface area contributed by atoms with E-state index in [1.54, 1.807) is 7.11 Å². The molecular weight excluding hydrogens is 274 g/mol. The number of fused-ring (bicyclic) bond motifs is 1. The molecule has 0 unspecified atom stereocenters. The smallest absolute Gasteiger partial charge is 0.126 e. The third kappa shape index (κ3) is 2.87. The number of benzene rings is 2. The van der Waals surface area contributed by atoms with E-state index in [0.29, 0.717) is 13.1 Å². The molecule has 3 rings (SSSR count). The van der Waals surface area contributed by atoms with Gasteiger partial charge in [-0.3, -0.25) is 0 Å². The molecule has 0 aliphatic carbocycles. The van der Waals surface area contributed by atoms with Gasteiger partial charge in [-0.05, 0) is 29.8 Å². The fourth-order valence-corrected chi connectivity index (χ4v) is 2.53. The lowest BCUT2D eigenvalue weighted by atomic mass is 10.1. The Morgan fingerprint density at radius 1 is 1.00 bits per heavy atom. The molecule has 4 nitrogen and oxygen atoms in total. The zero-order chi connectivity index (χ0) is 15.4. The number of ether oxygens (including phenoxy) is 1. The number of hydrogen-bond acceptors (Lipinski definition) is 4. The second-order valence-corrected chi connectivity index (χ2v) is 5.05. The summed E-state index contributed by atoms with van der Waals surface area (Å²) in [5.41, 5.74) is 8.93. The number of para-hydroxylation sites is 1. The van der Waals surface area contributed by atoms with Gasteiger partial charge in [-0.25, -0.2) is 4.98 Å². The van der Waals surface area contributed by atoms with Crippen molar-refractivity contribution in [2.45, 2.75) is 13.1 Å². The first-order chi connectivity index (χ1) is 10.8. The number of rotatable bonds is 5.